The lowest BCUT2D eigenvalue weighted by atomic mass is 10.4. The zero-order chi connectivity index (χ0) is 9.40. The lowest BCUT2D eigenvalue weighted by Gasteiger charge is -2.10. The minimum Gasteiger partial charge on any atom is -0.447 e. The first-order chi connectivity index (χ1) is 5.70. The van der Waals surface area contributed by atoms with E-state index < -0.39 is 6.09 Å². The molecule has 0 spiro atoms. The molecule has 12 heavy (non-hydrogen) atoms. The fourth-order valence-corrected chi connectivity index (χ4v) is 0.500. The van der Waals surface area contributed by atoms with Gasteiger partial charge >= 0.3 is 6.09 Å². The van der Waals surface area contributed by atoms with Gasteiger partial charge in [-0.25, -0.2) is 4.79 Å². The van der Waals surface area contributed by atoms with Crippen LogP contribution in [0.3, 0.4) is 0 Å². The molecule has 1 atom stereocenters. The number of aliphatic hydroxyl groups is 1. The summed E-state index contributed by atoms with van der Waals surface area (Å²) in [5.74, 6) is 0. The fourth-order valence-electron chi connectivity index (χ4n) is 0.500. The summed E-state index contributed by atoms with van der Waals surface area (Å²) in [6.45, 7) is 2.09. The van der Waals surface area contributed by atoms with Gasteiger partial charge in [-0.2, -0.15) is 0 Å². The first kappa shape index (κ1) is 11.2. The van der Waals surface area contributed by atoms with E-state index in [1.54, 1.807) is 7.11 Å². The number of methoxy groups -OCH3 is 1. The molecule has 0 aliphatic heterocycles. The molecule has 1 amide bonds. The average Bonchev–Trinajstić information content (AvgIpc) is 2.10. The third-order valence-electron chi connectivity index (χ3n) is 1.26. The molecule has 0 heterocycles. The van der Waals surface area contributed by atoms with Crippen molar-refractivity contribution >= 4 is 6.09 Å². The average molecular weight is 177 g/mol. The number of rotatable bonds is 5. The molecule has 0 rings (SSSR count). The van der Waals surface area contributed by atoms with Crippen molar-refractivity contribution in [1.82, 2.24) is 5.32 Å². The molecule has 2 N–H and O–H groups in total. The van der Waals surface area contributed by atoms with E-state index in [0.29, 0.717) is 6.54 Å². The number of carbonyl (C=O) groups is 1. The number of nitrogens with one attached hydrogen (secondary N) is 1. The van der Waals surface area contributed by atoms with Crippen LogP contribution in [0.15, 0.2) is 0 Å². The smallest absolute Gasteiger partial charge is 0.407 e. The second-order valence-electron chi connectivity index (χ2n) is 2.29. The molecule has 0 aromatic carbocycles. The van der Waals surface area contributed by atoms with Crippen molar-refractivity contribution in [2.24, 2.45) is 0 Å². The molecule has 5 heteroatoms. The van der Waals surface area contributed by atoms with Crippen LogP contribution in [0.5, 0.6) is 0 Å². The maximum absolute atomic E-state index is 10.7. The van der Waals surface area contributed by atoms with Crippen molar-refractivity contribution in [3.63, 3.8) is 0 Å². The highest BCUT2D eigenvalue weighted by Crippen LogP contribution is 1.84. The fraction of sp³-hybridized carbons (Fsp3) is 0.857. The summed E-state index contributed by atoms with van der Waals surface area (Å²) in [4.78, 5) is 10.7. The Hall–Kier alpha value is -0.810. The van der Waals surface area contributed by atoms with Gasteiger partial charge in [0.15, 0.2) is 0 Å². The molecular formula is C7H15NO4. The highest BCUT2D eigenvalue weighted by molar-refractivity contribution is 5.67. The molecule has 0 radical (unpaired) electrons. The van der Waals surface area contributed by atoms with Gasteiger partial charge in [0.25, 0.3) is 0 Å². The van der Waals surface area contributed by atoms with Crippen LogP contribution in [0.4, 0.5) is 4.79 Å². The Balaban J connectivity index is 3.31. The summed E-state index contributed by atoms with van der Waals surface area (Å²) in [5.41, 5.74) is 0. The van der Waals surface area contributed by atoms with Gasteiger partial charge < -0.3 is 19.9 Å². The largest absolute Gasteiger partial charge is 0.447 e. The van der Waals surface area contributed by atoms with Gasteiger partial charge in [-0.15, -0.1) is 0 Å². The van der Waals surface area contributed by atoms with E-state index >= 15 is 0 Å². The van der Waals surface area contributed by atoms with Gasteiger partial charge in [-0.05, 0) is 6.92 Å². The second-order valence-corrected chi connectivity index (χ2v) is 2.29. The van der Waals surface area contributed by atoms with E-state index in [2.05, 4.69) is 10.1 Å². The topological polar surface area (TPSA) is 67.8 Å². The quantitative estimate of drug-likeness (QED) is 0.607. The third-order valence-corrected chi connectivity index (χ3v) is 1.26. The molecule has 0 aliphatic carbocycles. The maximum Gasteiger partial charge on any atom is 0.407 e. The first-order valence-electron chi connectivity index (χ1n) is 3.75. The first-order valence-corrected chi connectivity index (χ1v) is 3.75. The zero-order valence-electron chi connectivity index (χ0n) is 7.37. The molecule has 1 unspecified atom stereocenters. The van der Waals surface area contributed by atoms with Crippen LogP contribution in [0, 0.1) is 0 Å². The Bertz CT molecular complexity index is 129. The Morgan fingerprint density at radius 2 is 2.33 bits per heavy atom. The lowest BCUT2D eigenvalue weighted by molar-refractivity contribution is 0.0979. The van der Waals surface area contributed by atoms with Gasteiger partial charge in [0.1, 0.15) is 6.61 Å². The minimum absolute atomic E-state index is 0.0210. The van der Waals surface area contributed by atoms with Gasteiger partial charge in [0, 0.05) is 13.7 Å². The Morgan fingerprint density at radius 3 is 2.83 bits per heavy atom. The summed E-state index contributed by atoms with van der Waals surface area (Å²) in [7, 11) is 1.56. The highest BCUT2D eigenvalue weighted by atomic mass is 16.6. The van der Waals surface area contributed by atoms with E-state index in [1.807, 2.05) is 6.92 Å². The molecule has 0 fully saturated rings. The van der Waals surface area contributed by atoms with E-state index in [-0.39, 0.29) is 19.3 Å². The molecule has 0 bridgehead atoms. The molecule has 5 nitrogen and oxygen atoms in total. The van der Waals surface area contributed by atoms with E-state index in [4.69, 9.17) is 9.84 Å². The standard InChI is InChI=1S/C7H15NO4/c1-6(11-2)5-8-7(10)12-4-3-9/h6,9H,3-5H2,1-2H3,(H,8,10). The number of amides is 1. The summed E-state index contributed by atoms with van der Waals surface area (Å²) in [5, 5.41) is 10.8. The van der Waals surface area contributed by atoms with Crippen molar-refractivity contribution in [3.05, 3.63) is 0 Å². The van der Waals surface area contributed by atoms with Gasteiger partial charge in [0.2, 0.25) is 0 Å². The van der Waals surface area contributed by atoms with E-state index in [9.17, 15) is 4.79 Å². The van der Waals surface area contributed by atoms with Crippen LogP contribution in [0.2, 0.25) is 0 Å². The molecule has 0 aliphatic rings. The monoisotopic (exact) mass is 177 g/mol. The van der Waals surface area contributed by atoms with Gasteiger partial charge in [-0.3, -0.25) is 0 Å². The van der Waals surface area contributed by atoms with Crippen LogP contribution in [0.25, 0.3) is 0 Å². The molecule has 72 valence electrons. The van der Waals surface area contributed by atoms with Crippen molar-refractivity contribution in [3.8, 4) is 0 Å². The molecule has 0 aromatic heterocycles. The zero-order valence-corrected chi connectivity index (χ0v) is 7.37. The summed E-state index contributed by atoms with van der Waals surface area (Å²) in [6.07, 6.45) is -0.570. The predicted molar refractivity (Wildman–Crippen MR) is 42.9 cm³/mol. The summed E-state index contributed by atoms with van der Waals surface area (Å²) in [6, 6.07) is 0. The van der Waals surface area contributed by atoms with Crippen LogP contribution in [-0.2, 0) is 9.47 Å². The Morgan fingerprint density at radius 1 is 1.67 bits per heavy atom. The van der Waals surface area contributed by atoms with Crippen molar-refractivity contribution in [1.29, 1.82) is 0 Å². The maximum atomic E-state index is 10.7. The lowest BCUT2D eigenvalue weighted by Crippen LogP contribution is -2.32. The number of ether oxygens (including phenoxy) is 2. The number of carbonyl (C=O) groups excluding carboxylic acids is 1. The predicted octanol–water partition coefficient (Wildman–Crippen LogP) is -0.260. The van der Waals surface area contributed by atoms with Crippen molar-refractivity contribution < 1.29 is 19.4 Å². The molecular weight excluding hydrogens is 162 g/mol. The Kier molecular flexibility index (Phi) is 6.41. The van der Waals surface area contributed by atoms with E-state index in [1.165, 1.54) is 0 Å². The van der Waals surface area contributed by atoms with Crippen LogP contribution in [-0.4, -0.2) is 44.2 Å². The molecule has 0 saturated heterocycles. The second kappa shape index (κ2) is 6.87. The number of hydrogen-bond donors (Lipinski definition) is 2. The summed E-state index contributed by atoms with van der Waals surface area (Å²) < 4.78 is 9.42. The van der Waals surface area contributed by atoms with Crippen molar-refractivity contribution in [2.75, 3.05) is 26.9 Å². The Labute approximate surface area is 71.7 Å². The SMILES string of the molecule is COC(C)CNC(=O)OCCO. The van der Waals surface area contributed by atoms with Gasteiger partial charge in [0.05, 0.1) is 12.7 Å². The van der Waals surface area contributed by atoms with Crippen LogP contribution >= 0.6 is 0 Å². The molecule has 0 saturated carbocycles. The van der Waals surface area contributed by atoms with Crippen molar-refractivity contribution in [2.45, 2.75) is 13.0 Å². The third kappa shape index (κ3) is 5.94. The van der Waals surface area contributed by atoms with Gasteiger partial charge in [-0.1, -0.05) is 0 Å². The van der Waals surface area contributed by atoms with Crippen LogP contribution < -0.4 is 5.32 Å². The number of alkyl carbamates (subject to hydrolysis) is 1. The molecule has 0 aromatic rings. The highest BCUT2D eigenvalue weighted by Gasteiger charge is 2.03. The minimum atomic E-state index is -0.534. The van der Waals surface area contributed by atoms with E-state index in [0.717, 1.165) is 0 Å². The normalized spacial score (nSPS) is 12.2. The van der Waals surface area contributed by atoms with Crippen LogP contribution in [0.1, 0.15) is 6.92 Å². The number of hydrogen-bond acceptors (Lipinski definition) is 4. The number of aliphatic hydroxyl groups excluding tert-OH is 1. The summed E-state index contributed by atoms with van der Waals surface area (Å²) >= 11 is 0.